The number of benzene rings is 1. The largest absolute Gasteiger partial charge is 0.494 e. The van der Waals surface area contributed by atoms with E-state index in [0.717, 1.165) is 20.7 Å². The summed E-state index contributed by atoms with van der Waals surface area (Å²) in [6.07, 6.45) is 1.86. The number of nitrogens with zero attached hydrogens (tertiary/aromatic N) is 3. The lowest BCUT2D eigenvalue weighted by Gasteiger charge is -2.30. The Bertz CT molecular complexity index is 1110. The van der Waals surface area contributed by atoms with Gasteiger partial charge in [-0.2, -0.15) is 0 Å². The van der Waals surface area contributed by atoms with E-state index in [-0.39, 0.29) is 11.9 Å². The lowest BCUT2D eigenvalue weighted by molar-refractivity contribution is 0.0227. The van der Waals surface area contributed by atoms with E-state index in [9.17, 15) is 9.18 Å². The van der Waals surface area contributed by atoms with Crippen molar-refractivity contribution >= 4 is 39.2 Å². The summed E-state index contributed by atoms with van der Waals surface area (Å²) >= 11 is 1.54. The van der Waals surface area contributed by atoms with E-state index in [1.807, 2.05) is 20.8 Å². The molecule has 1 aromatic carbocycles. The minimum absolute atomic E-state index is 0.314. The van der Waals surface area contributed by atoms with Crippen molar-refractivity contribution in [2.45, 2.75) is 39.3 Å². The van der Waals surface area contributed by atoms with E-state index in [1.54, 1.807) is 22.3 Å². The number of amides is 1. The van der Waals surface area contributed by atoms with Crippen LogP contribution in [-0.4, -0.2) is 40.2 Å². The number of hydrogen-bond donors (Lipinski definition) is 1. The molecule has 0 aliphatic carbocycles. The summed E-state index contributed by atoms with van der Waals surface area (Å²) in [5.41, 5.74) is 1.21. The Balaban J connectivity index is 1.66. The Hall–Kier alpha value is -2.94. The number of carbonyl (C=O) groups excluding carboxylic acids is 1. The Labute approximate surface area is 177 Å². The summed E-state index contributed by atoms with van der Waals surface area (Å²) in [5.74, 6) is 0.649. The van der Waals surface area contributed by atoms with Crippen molar-refractivity contribution < 1.29 is 18.7 Å². The molecule has 1 aliphatic heterocycles. The highest BCUT2D eigenvalue weighted by atomic mass is 32.1. The number of halogens is 1. The number of ether oxygens (including phenoxy) is 2. The zero-order valence-electron chi connectivity index (χ0n) is 17.3. The Morgan fingerprint density at radius 3 is 2.83 bits per heavy atom. The third kappa shape index (κ3) is 4.02. The number of thiophene rings is 1. The van der Waals surface area contributed by atoms with Crippen LogP contribution in [0.5, 0.6) is 5.75 Å². The van der Waals surface area contributed by atoms with Crippen LogP contribution in [0.1, 0.15) is 31.2 Å². The van der Waals surface area contributed by atoms with Crippen molar-refractivity contribution in [3.05, 3.63) is 40.8 Å². The fourth-order valence-corrected chi connectivity index (χ4v) is 4.60. The minimum atomic E-state index is -0.533. The van der Waals surface area contributed by atoms with Gasteiger partial charge in [0.1, 0.15) is 34.1 Å². The van der Waals surface area contributed by atoms with Crippen molar-refractivity contribution in [1.29, 1.82) is 0 Å². The molecule has 0 atom stereocenters. The van der Waals surface area contributed by atoms with Crippen LogP contribution in [0.2, 0.25) is 0 Å². The molecule has 0 saturated heterocycles. The molecular formula is C21H23FN4O3S. The number of hydrogen-bond acceptors (Lipinski definition) is 7. The molecule has 3 aromatic rings. The van der Waals surface area contributed by atoms with Gasteiger partial charge in [0.05, 0.1) is 24.7 Å². The number of methoxy groups -OCH3 is 1. The third-order valence-electron chi connectivity index (χ3n) is 4.71. The number of carbonyl (C=O) groups is 1. The first kappa shape index (κ1) is 20.3. The SMILES string of the molecule is COc1cc(F)ccc1Nc1ncnc2sc3c(c12)CCN(C(=O)OC(C)(C)C)C3. The fourth-order valence-electron chi connectivity index (χ4n) is 3.40. The van der Waals surface area contributed by atoms with Gasteiger partial charge in [0.15, 0.2) is 0 Å². The third-order valence-corrected chi connectivity index (χ3v) is 5.83. The van der Waals surface area contributed by atoms with E-state index in [2.05, 4.69) is 15.3 Å². The first-order valence-electron chi connectivity index (χ1n) is 9.59. The number of anilines is 2. The van der Waals surface area contributed by atoms with Crippen molar-refractivity contribution in [2.75, 3.05) is 19.0 Å². The molecule has 0 radical (unpaired) electrons. The molecule has 4 rings (SSSR count). The molecule has 1 N–H and O–H groups in total. The summed E-state index contributed by atoms with van der Waals surface area (Å²) in [6.45, 7) is 6.61. The molecule has 2 aromatic heterocycles. The number of aromatic nitrogens is 2. The molecule has 3 heterocycles. The first-order valence-corrected chi connectivity index (χ1v) is 10.4. The molecule has 7 nitrogen and oxygen atoms in total. The van der Waals surface area contributed by atoms with Gasteiger partial charge < -0.3 is 19.7 Å². The molecule has 0 unspecified atom stereocenters. The van der Waals surface area contributed by atoms with Crippen LogP contribution in [0.3, 0.4) is 0 Å². The highest BCUT2D eigenvalue weighted by Crippen LogP contribution is 2.39. The van der Waals surface area contributed by atoms with Crippen molar-refractivity contribution in [1.82, 2.24) is 14.9 Å². The summed E-state index contributed by atoms with van der Waals surface area (Å²) in [6, 6.07) is 4.30. The summed E-state index contributed by atoms with van der Waals surface area (Å²) in [4.78, 5) is 24.9. The highest BCUT2D eigenvalue weighted by molar-refractivity contribution is 7.19. The van der Waals surface area contributed by atoms with Crippen molar-refractivity contribution in [3.63, 3.8) is 0 Å². The van der Waals surface area contributed by atoms with E-state index in [1.165, 1.54) is 25.6 Å². The molecule has 158 valence electrons. The maximum Gasteiger partial charge on any atom is 0.410 e. The van der Waals surface area contributed by atoms with E-state index in [4.69, 9.17) is 9.47 Å². The zero-order chi connectivity index (χ0) is 21.5. The predicted octanol–water partition coefficient (Wildman–Crippen LogP) is 4.88. The Morgan fingerprint density at radius 1 is 1.30 bits per heavy atom. The van der Waals surface area contributed by atoms with Gasteiger partial charge in [-0.1, -0.05) is 0 Å². The van der Waals surface area contributed by atoms with Crippen LogP contribution in [0, 0.1) is 5.82 Å². The molecule has 0 saturated carbocycles. The van der Waals surface area contributed by atoms with Gasteiger partial charge in [0, 0.05) is 17.5 Å². The lowest BCUT2D eigenvalue weighted by atomic mass is 10.1. The molecule has 0 fully saturated rings. The number of fused-ring (bicyclic) bond motifs is 3. The van der Waals surface area contributed by atoms with E-state index in [0.29, 0.717) is 36.8 Å². The minimum Gasteiger partial charge on any atom is -0.494 e. The van der Waals surface area contributed by atoms with Crippen LogP contribution < -0.4 is 10.1 Å². The second-order valence-corrected chi connectivity index (χ2v) is 9.11. The van der Waals surface area contributed by atoms with Gasteiger partial charge in [0.25, 0.3) is 0 Å². The van der Waals surface area contributed by atoms with Crippen molar-refractivity contribution in [2.24, 2.45) is 0 Å². The van der Waals surface area contributed by atoms with Gasteiger partial charge in [-0.25, -0.2) is 19.2 Å². The van der Waals surface area contributed by atoms with Gasteiger partial charge in [-0.3, -0.25) is 0 Å². The van der Waals surface area contributed by atoms with Crippen molar-refractivity contribution in [3.8, 4) is 5.75 Å². The molecule has 0 bridgehead atoms. The standard InChI is InChI=1S/C21H23FN4O3S/c1-21(2,3)29-20(27)26-8-7-13-16(10-26)30-19-17(13)18(23-11-24-19)25-14-6-5-12(22)9-15(14)28-4/h5-6,9,11H,7-8,10H2,1-4H3,(H,23,24,25). The van der Waals surface area contributed by atoms with Gasteiger partial charge in [-0.15, -0.1) is 11.3 Å². The lowest BCUT2D eigenvalue weighted by Crippen LogP contribution is -2.39. The molecule has 1 amide bonds. The summed E-state index contributed by atoms with van der Waals surface area (Å²) in [5, 5.41) is 4.18. The first-order chi connectivity index (χ1) is 14.2. The fraction of sp³-hybridized carbons (Fsp3) is 0.381. The molecule has 9 heteroatoms. The maximum absolute atomic E-state index is 13.5. The molecule has 30 heavy (non-hydrogen) atoms. The normalized spacial score (nSPS) is 13.8. The molecule has 0 spiro atoms. The second-order valence-electron chi connectivity index (χ2n) is 8.03. The van der Waals surface area contributed by atoms with Crippen LogP contribution >= 0.6 is 11.3 Å². The van der Waals surface area contributed by atoms with E-state index < -0.39 is 5.60 Å². The van der Waals surface area contributed by atoms with Gasteiger partial charge >= 0.3 is 6.09 Å². The van der Waals surface area contributed by atoms with Crippen LogP contribution in [0.15, 0.2) is 24.5 Å². The second kappa shape index (κ2) is 7.71. The quantitative estimate of drug-likeness (QED) is 0.639. The zero-order valence-corrected chi connectivity index (χ0v) is 18.1. The van der Waals surface area contributed by atoms with Crippen LogP contribution in [0.4, 0.5) is 20.7 Å². The van der Waals surface area contributed by atoms with Crippen LogP contribution in [-0.2, 0) is 17.7 Å². The molecular weight excluding hydrogens is 407 g/mol. The van der Waals surface area contributed by atoms with E-state index >= 15 is 0 Å². The average Bonchev–Trinajstić information content (AvgIpc) is 3.06. The Morgan fingerprint density at radius 2 is 2.10 bits per heavy atom. The monoisotopic (exact) mass is 430 g/mol. The topological polar surface area (TPSA) is 76.6 Å². The summed E-state index contributed by atoms with van der Waals surface area (Å²) in [7, 11) is 1.49. The smallest absolute Gasteiger partial charge is 0.410 e. The predicted molar refractivity (Wildman–Crippen MR) is 114 cm³/mol. The number of nitrogens with one attached hydrogen (secondary N) is 1. The maximum atomic E-state index is 13.5. The van der Waals surface area contributed by atoms with Gasteiger partial charge in [0.2, 0.25) is 0 Å². The highest BCUT2D eigenvalue weighted by Gasteiger charge is 2.29. The average molecular weight is 431 g/mol. The molecule has 1 aliphatic rings. The summed E-state index contributed by atoms with van der Waals surface area (Å²) < 4.78 is 24.3. The van der Waals surface area contributed by atoms with Gasteiger partial charge in [-0.05, 0) is 44.9 Å². The Kier molecular flexibility index (Phi) is 5.23. The van der Waals surface area contributed by atoms with Crippen LogP contribution in [0.25, 0.3) is 10.2 Å². The number of rotatable bonds is 3.